The van der Waals surface area contributed by atoms with E-state index < -0.39 is 0 Å². The summed E-state index contributed by atoms with van der Waals surface area (Å²) in [6, 6.07) is 12.9. The zero-order chi connectivity index (χ0) is 19.4. The lowest BCUT2D eigenvalue weighted by molar-refractivity contribution is 0.0952. The average molecular weight is 365 g/mol. The molecule has 0 atom stereocenters. The third-order valence-electron chi connectivity index (χ3n) is 4.14. The number of amides is 1. The van der Waals surface area contributed by atoms with E-state index in [-0.39, 0.29) is 17.3 Å². The number of aromatic nitrogens is 2. The Kier molecular flexibility index (Phi) is 5.45. The van der Waals surface area contributed by atoms with Gasteiger partial charge in [-0.05, 0) is 50.2 Å². The predicted octanol–water partition coefficient (Wildman–Crippen LogP) is 3.10. The maximum atomic E-state index is 13.0. The highest BCUT2D eigenvalue weighted by atomic mass is 19.1. The Morgan fingerprint density at radius 1 is 1.07 bits per heavy atom. The molecule has 0 spiro atoms. The quantitative estimate of drug-likeness (QED) is 0.756. The van der Waals surface area contributed by atoms with Crippen LogP contribution in [0.1, 0.15) is 21.5 Å². The van der Waals surface area contributed by atoms with Crippen LogP contribution in [0, 0.1) is 19.7 Å². The summed E-state index contributed by atoms with van der Waals surface area (Å²) in [5.41, 5.74) is 3.57. The average Bonchev–Trinajstić information content (AvgIpc) is 2.62. The fourth-order valence-electron chi connectivity index (χ4n) is 2.87. The Morgan fingerprint density at radius 3 is 2.37 bits per heavy atom. The van der Waals surface area contributed by atoms with Gasteiger partial charge in [-0.1, -0.05) is 17.2 Å². The Morgan fingerprint density at radius 2 is 1.74 bits per heavy atom. The largest absolute Gasteiger partial charge is 0.350 e. The van der Waals surface area contributed by atoms with E-state index in [1.54, 1.807) is 12.1 Å². The molecule has 0 aliphatic rings. The summed E-state index contributed by atoms with van der Waals surface area (Å²) in [4.78, 5) is 28.7. The highest BCUT2D eigenvalue weighted by Gasteiger charge is 2.07. The SMILES string of the molecule is Cc1cc(C)cc(C(=O)NCCn2cnc(-c3ccc(F)cc3)cc2=O)c1. The summed E-state index contributed by atoms with van der Waals surface area (Å²) in [6.45, 7) is 4.50. The Bertz CT molecular complexity index is 1010. The molecule has 1 aromatic heterocycles. The summed E-state index contributed by atoms with van der Waals surface area (Å²) in [6.07, 6.45) is 1.43. The second-order valence-corrected chi connectivity index (χ2v) is 6.44. The van der Waals surface area contributed by atoms with E-state index in [4.69, 9.17) is 0 Å². The van der Waals surface area contributed by atoms with Crippen LogP contribution >= 0.6 is 0 Å². The lowest BCUT2D eigenvalue weighted by Crippen LogP contribution is -2.30. The van der Waals surface area contributed by atoms with E-state index in [9.17, 15) is 14.0 Å². The molecule has 0 saturated heterocycles. The van der Waals surface area contributed by atoms with E-state index in [0.717, 1.165) is 11.1 Å². The van der Waals surface area contributed by atoms with Gasteiger partial charge in [-0.2, -0.15) is 0 Å². The molecule has 0 saturated carbocycles. The molecule has 0 aliphatic heterocycles. The molecule has 6 heteroatoms. The van der Waals surface area contributed by atoms with Crippen molar-refractivity contribution in [1.82, 2.24) is 14.9 Å². The molecule has 0 aliphatic carbocycles. The van der Waals surface area contributed by atoms with Gasteiger partial charge in [0.15, 0.2) is 0 Å². The predicted molar refractivity (Wildman–Crippen MR) is 102 cm³/mol. The highest BCUT2D eigenvalue weighted by Crippen LogP contribution is 2.15. The van der Waals surface area contributed by atoms with Gasteiger partial charge in [-0.25, -0.2) is 9.37 Å². The summed E-state index contributed by atoms with van der Waals surface area (Å²) >= 11 is 0. The third kappa shape index (κ3) is 4.67. The molecule has 0 unspecified atom stereocenters. The number of nitrogens with one attached hydrogen (secondary N) is 1. The summed E-state index contributed by atoms with van der Waals surface area (Å²) in [5.74, 6) is -0.516. The number of benzene rings is 2. The Balaban J connectivity index is 1.63. The molecule has 3 aromatic rings. The molecule has 3 rings (SSSR count). The van der Waals surface area contributed by atoms with Gasteiger partial charge in [0.05, 0.1) is 12.0 Å². The van der Waals surface area contributed by atoms with Crippen molar-refractivity contribution in [2.24, 2.45) is 0 Å². The van der Waals surface area contributed by atoms with Crippen molar-refractivity contribution >= 4 is 5.91 Å². The van der Waals surface area contributed by atoms with Crippen LogP contribution in [0.3, 0.4) is 0 Å². The van der Waals surface area contributed by atoms with Crippen molar-refractivity contribution in [2.75, 3.05) is 6.54 Å². The van der Waals surface area contributed by atoms with Gasteiger partial charge in [0, 0.05) is 30.3 Å². The number of hydrogen-bond acceptors (Lipinski definition) is 3. The Labute approximate surface area is 156 Å². The molecule has 0 bridgehead atoms. The molecular formula is C21H20FN3O2. The van der Waals surface area contributed by atoms with Crippen LogP contribution in [0.15, 0.2) is 59.7 Å². The topological polar surface area (TPSA) is 64.0 Å². The molecule has 0 fully saturated rings. The van der Waals surface area contributed by atoms with Crippen LogP contribution in [0.4, 0.5) is 4.39 Å². The molecule has 138 valence electrons. The number of carbonyl (C=O) groups excluding carboxylic acids is 1. The van der Waals surface area contributed by atoms with Crippen molar-refractivity contribution in [3.8, 4) is 11.3 Å². The summed E-state index contributed by atoms with van der Waals surface area (Å²) < 4.78 is 14.4. The second kappa shape index (κ2) is 7.95. The lowest BCUT2D eigenvalue weighted by atomic mass is 10.1. The minimum atomic E-state index is -0.341. The number of carbonyl (C=O) groups is 1. The monoisotopic (exact) mass is 365 g/mol. The van der Waals surface area contributed by atoms with Gasteiger partial charge in [-0.3, -0.25) is 14.2 Å². The molecule has 1 amide bonds. The van der Waals surface area contributed by atoms with E-state index >= 15 is 0 Å². The van der Waals surface area contributed by atoms with Crippen molar-refractivity contribution in [2.45, 2.75) is 20.4 Å². The van der Waals surface area contributed by atoms with Gasteiger partial charge in [0.2, 0.25) is 0 Å². The van der Waals surface area contributed by atoms with E-state index in [1.807, 2.05) is 32.0 Å². The van der Waals surface area contributed by atoms with Crippen LogP contribution in [0.2, 0.25) is 0 Å². The van der Waals surface area contributed by atoms with Gasteiger partial charge >= 0.3 is 0 Å². The van der Waals surface area contributed by atoms with Gasteiger partial charge in [-0.15, -0.1) is 0 Å². The first-order chi connectivity index (χ1) is 12.9. The van der Waals surface area contributed by atoms with Crippen LogP contribution in [-0.4, -0.2) is 22.0 Å². The standard InChI is InChI=1S/C21H20FN3O2/c1-14-9-15(2)11-17(10-14)21(27)23-7-8-25-13-24-19(12-20(25)26)16-3-5-18(22)6-4-16/h3-6,9-13H,7-8H2,1-2H3,(H,23,27). The normalized spacial score (nSPS) is 10.6. The molecule has 27 heavy (non-hydrogen) atoms. The smallest absolute Gasteiger partial charge is 0.253 e. The minimum absolute atomic E-state index is 0.175. The molecule has 5 nitrogen and oxygen atoms in total. The number of halogens is 1. The molecule has 1 heterocycles. The first-order valence-electron chi connectivity index (χ1n) is 8.61. The maximum absolute atomic E-state index is 13.0. The molecule has 0 radical (unpaired) electrons. The zero-order valence-electron chi connectivity index (χ0n) is 15.2. The van der Waals surface area contributed by atoms with E-state index in [2.05, 4.69) is 10.3 Å². The van der Waals surface area contributed by atoms with Crippen LogP contribution < -0.4 is 10.9 Å². The van der Waals surface area contributed by atoms with Crippen LogP contribution in [-0.2, 0) is 6.54 Å². The first-order valence-corrected chi connectivity index (χ1v) is 8.61. The Hall–Kier alpha value is -3.28. The number of aryl methyl sites for hydroxylation is 2. The van der Waals surface area contributed by atoms with Gasteiger partial charge < -0.3 is 5.32 Å². The number of rotatable bonds is 5. The summed E-state index contributed by atoms with van der Waals surface area (Å²) in [7, 11) is 0. The zero-order valence-corrected chi connectivity index (χ0v) is 15.2. The number of nitrogens with zero attached hydrogens (tertiary/aromatic N) is 2. The number of hydrogen-bond donors (Lipinski definition) is 1. The van der Waals surface area contributed by atoms with Crippen molar-refractivity contribution in [3.05, 3.63) is 87.7 Å². The summed E-state index contributed by atoms with van der Waals surface area (Å²) in [5, 5.41) is 2.81. The highest BCUT2D eigenvalue weighted by molar-refractivity contribution is 5.94. The molecular weight excluding hydrogens is 345 g/mol. The van der Waals surface area contributed by atoms with E-state index in [0.29, 0.717) is 29.9 Å². The van der Waals surface area contributed by atoms with Crippen molar-refractivity contribution in [1.29, 1.82) is 0 Å². The minimum Gasteiger partial charge on any atom is -0.350 e. The first kappa shape index (κ1) is 18.5. The third-order valence-corrected chi connectivity index (χ3v) is 4.14. The fourth-order valence-corrected chi connectivity index (χ4v) is 2.87. The van der Waals surface area contributed by atoms with Gasteiger partial charge in [0.1, 0.15) is 5.82 Å². The lowest BCUT2D eigenvalue weighted by Gasteiger charge is -2.09. The molecule has 1 N–H and O–H groups in total. The van der Waals surface area contributed by atoms with Crippen LogP contribution in [0.25, 0.3) is 11.3 Å². The van der Waals surface area contributed by atoms with Crippen molar-refractivity contribution in [3.63, 3.8) is 0 Å². The fraction of sp³-hybridized carbons (Fsp3) is 0.190. The van der Waals surface area contributed by atoms with E-state index in [1.165, 1.54) is 29.1 Å². The van der Waals surface area contributed by atoms with Crippen molar-refractivity contribution < 1.29 is 9.18 Å². The molecule has 2 aromatic carbocycles. The van der Waals surface area contributed by atoms with Crippen LogP contribution in [0.5, 0.6) is 0 Å². The second-order valence-electron chi connectivity index (χ2n) is 6.44. The maximum Gasteiger partial charge on any atom is 0.253 e. The van der Waals surface area contributed by atoms with Gasteiger partial charge in [0.25, 0.3) is 11.5 Å².